The predicted octanol–water partition coefficient (Wildman–Crippen LogP) is 2.59. The molecule has 0 aliphatic carbocycles. The Morgan fingerprint density at radius 2 is 1.76 bits per heavy atom. The van der Waals surface area contributed by atoms with Crippen LogP contribution in [0.3, 0.4) is 0 Å². The van der Waals surface area contributed by atoms with Gasteiger partial charge in [0.2, 0.25) is 15.0 Å². The number of carbonyl (C=O) groups is 1. The van der Waals surface area contributed by atoms with E-state index in [0.29, 0.717) is 25.0 Å². The molecule has 0 unspecified atom stereocenters. The highest BCUT2D eigenvalue weighted by atomic mass is 32.2. The van der Waals surface area contributed by atoms with Crippen LogP contribution < -0.4 is 5.46 Å². The van der Waals surface area contributed by atoms with Crippen LogP contribution in [-0.4, -0.2) is 72.1 Å². The van der Waals surface area contributed by atoms with Crippen molar-refractivity contribution in [2.45, 2.75) is 89.7 Å². The Balaban J connectivity index is 1.58. The van der Waals surface area contributed by atoms with Crippen LogP contribution in [-0.2, 0) is 23.9 Å². The van der Waals surface area contributed by atoms with Crippen molar-refractivity contribution in [3.05, 3.63) is 12.4 Å². The van der Waals surface area contributed by atoms with Crippen molar-refractivity contribution in [3.63, 3.8) is 0 Å². The number of ether oxygens (including phenoxy) is 1. The molecule has 3 heterocycles. The van der Waals surface area contributed by atoms with Crippen LogP contribution >= 0.6 is 0 Å². The average molecular weight is 481 g/mol. The van der Waals surface area contributed by atoms with Crippen LogP contribution in [0.15, 0.2) is 17.6 Å². The molecule has 2 fully saturated rings. The highest BCUT2D eigenvalue weighted by molar-refractivity contribution is 7.91. The summed E-state index contributed by atoms with van der Waals surface area (Å²) in [4.78, 5) is 22.2. The van der Waals surface area contributed by atoms with Crippen molar-refractivity contribution < 1.29 is 27.3 Å². The lowest BCUT2D eigenvalue weighted by Crippen LogP contribution is -2.43. The molecule has 33 heavy (non-hydrogen) atoms. The summed E-state index contributed by atoms with van der Waals surface area (Å²) in [5, 5.41) is -0.206. The topological polar surface area (TPSA) is 108 Å². The maximum atomic E-state index is 12.8. The zero-order valence-electron chi connectivity index (χ0n) is 20.8. The molecule has 3 rings (SSSR count). The number of nitrogens with zero attached hydrogens (tertiary/aromatic N) is 3. The van der Waals surface area contributed by atoms with E-state index in [2.05, 4.69) is 9.97 Å². The summed E-state index contributed by atoms with van der Waals surface area (Å²) in [6.45, 7) is 14.4. The smallest absolute Gasteiger partial charge is 0.444 e. The molecule has 0 N–H and O–H groups in total. The molecule has 1 aromatic rings. The van der Waals surface area contributed by atoms with Crippen molar-refractivity contribution in [3.8, 4) is 0 Å². The van der Waals surface area contributed by atoms with Crippen LogP contribution in [0.5, 0.6) is 0 Å². The van der Waals surface area contributed by atoms with Crippen LogP contribution in [0.4, 0.5) is 4.79 Å². The summed E-state index contributed by atoms with van der Waals surface area (Å²) in [5.41, 5.74) is -0.991. The molecule has 0 radical (unpaired) electrons. The Bertz CT molecular complexity index is 943. The Hall–Kier alpha value is -1.72. The Morgan fingerprint density at radius 1 is 1.18 bits per heavy atom. The van der Waals surface area contributed by atoms with Crippen LogP contribution in [0.2, 0.25) is 0 Å². The molecule has 9 nitrogen and oxygen atoms in total. The SMILES string of the molecule is CC(C)(C)OC(=O)N1CCC[C@@H](CCS(=O)(=O)c2ncc(B3OC(C)(C)C(C)(C)O3)cn2)C1. The minimum absolute atomic E-state index is 0.0737. The summed E-state index contributed by atoms with van der Waals surface area (Å²) >= 11 is 0. The predicted molar refractivity (Wildman–Crippen MR) is 125 cm³/mol. The van der Waals surface area contributed by atoms with Gasteiger partial charge in [0, 0.05) is 30.9 Å². The highest BCUT2D eigenvalue weighted by Crippen LogP contribution is 2.36. The average Bonchev–Trinajstić information content (AvgIpc) is 2.93. The number of hydrogen-bond donors (Lipinski definition) is 0. The van der Waals surface area contributed by atoms with E-state index in [1.54, 1.807) is 4.90 Å². The van der Waals surface area contributed by atoms with E-state index in [9.17, 15) is 13.2 Å². The number of rotatable bonds is 5. The first kappa shape index (κ1) is 25.9. The van der Waals surface area contributed by atoms with Crippen molar-refractivity contribution in [2.75, 3.05) is 18.8 Å². The van der Waals surface area contributed by atoms with Gasteiger partial charge in [-0.25, -0.2) is 23.2 Å². The first-order valence-electron chi connectivity index (χ1n) is 11.5. The Morgan fingerprint density at radius 3 is 2.30 bits per heavy atom. The van der Waals surface area contributed by atoms with Gasteiger partial charge in [-0.15, -0.1) is 0 Å². The lowest BCUT2D eigenvalue weighted by Gasteiger charge is -2.34. The van der Waals surface area contributed by atoms with Gasteiger partial charge in [-0.2, -0.15) is 0 Å². The van der Waals surface area contributed by atoms with Crippen LogP contribution in [0, 0.1) is 5.92 Å². The van der Waals surface area contributed by atoms with E-state index in [0.717, 1.165) is 12.8 Å². The van der Waals surface area contributed by atoms with Gasteiger partial charge in [0.1, 0.15) is 5.60 Å². The second kappa shape index (κ2) is 9.15. The molecule has 0 saturated carbocycles. The molecule has 0 aromatic carbocycles. The van der Waals surface area contributed by atoms with Gasteiger partial charge in [-0.1, -0.05) is 0 Å². The minimum Gasteiger partial charge on any atom is -0.444 e. The number of sulfone groups is 1. The van der Waals surface area contributed by atoms with Crippen LogP contribution in [0.1, 0.15) is 67.7 Å². The number of likely N-dealkylation sites (tertiary alicyclic amines) is 1. The molecule has 2 saturated heterocycles. The third-order valence-corrected chi connectivity index (χ3v) is 7.96. The number of piperidine rings is 1. The van der Waals surface area contributed by atoms with Gasteiger partial charge >= 0.3 is 13.2 Å². The number of aromatic nitrogens is 2. The Labute approximate surface area is 197 Å². The quantitative estimate of drug-likeness (QED) is 0.467. The molecule has 0 bridgehead atoms. The first-order chi connectivity index (χ1) is 15.1. The third kappa shape index (κ3) is 6.25. The van der Waals surface area contributed by atoms with Crippen molar-refractivity contribution in [1.29, 1.82) is 0 Å². The number of amides is 1. The number of hydrogen-bond acceptors (Lipinski definition) is 8. The van der Waals surface area contributed by atoms with Gasteiger partial charge in [-0.05, 0) is 73.6 Å². The summed E-state index contributed by atoms with van der Waals surface area (Å²) in [6.07, 6.45) is 4.68. The molecule has 0 spiro atoms. The third-order valence-electron chi connectivity index (χ3n) is 6.42. The maximum Gasteiger partial charge on any atom is 0.498 e. The van der Waals surface area contributed by atoms with Gasteiger partial charge in [-0.3, -0.25) is 0 Å². The lowest BCUT2D eigenvalue weighted by molar-refractivity contribution is 0.00578. The normalized spacial score (nSPS) is 22.9. The highest BCUT2D eigenvalue weighted by Gasteiger charge is 2.52. The van der Waals surface area contributed by atoms with Gasteiger partial charge in [0.15, 0.2) is 0 Å². The molecule has 1 aromatic heterocycles. The summed E-state index contributed by atoms with van der Waals surface area (Å²) in [5.74, 6) is 0.0143. The van der Waals surface area contributed by atoms with E-state index in [1.165, 1.54) is 12.4 Å². The number of carbonyl (C=O) groups excluding carboxylic acids is 1. The zero-order valence-corrected chi connectivity index (χ0v) is 21.6. The molecule has 1 amide bonds. The van der Waals surface area contributed by atoms with Gasteiger partial charge in [0.25, 0.3) is 0 Å². The fourth-order valence-corrected chi connectivity index (χ4v) is 5.05. The van der Waals surface area contributed by atoms with Crippen LogP contribution in [0.25, 0.3) is 0 Å². The van der Waals surface area contributed by atoms with Crippen molar-refractivity contribution in [1.82, 2.24) is 14.9 Å². The fraction of sp³-hybridized carbons (Fsp3) is 0.773. The zero-order chi connectivity index (χ0) is 24.7. The molecule has 2 aliphatic rings. The monoisotopic (exact) mass is 481 g/mol. The van der Waals surface area contributed by atoms with Crippen molar-refractivity contribution >= 4 is 28.5 Å². The largest absolute Gasteiger partial charge is 0.498 e. The summed E-state index contributed by atoms with van der Waals surface area (Å²) < 4.78 is 43.0. The van der Waals surface area contributed by atoms with E-state index in [4.69, 9.17) is 14.0 Å². The van der Waals surface area contributed by atoms with Gasteiger partial charge in [0.05, 0.1) is 17.0 Å². The Kier molecular flexibility index (Phi) is 7.18. The maximum absolute atomic E-state index is 12.8. The summed E-state index contributed by atoms with van der Waals surface area (Å²) in [7, 11) is -4.30. The van der Waals surface area contributed by atoms with Gasteiger partial charge < -0.3 is 18.9 Å². The molecule has 11 heteroatoms. The fourth-order valence-electron chi connectivity index (χ4n) is 3.79. The van der Waals surface area contributed by atoms with E-state index >= 15 is 0 Å². The molecular weight excluding hydrogens is 445 g/mol. The van der Waals surface area contributed by atoms with E-state index < -0.39 is 33.8 Å². The second-order valence-electron chi connectivity index (χ2n) is 10.9. The van der Waals surface area contributed by atoms with E-state index in [-0.39, 0.29) is 22.9 Å². The molecule has 1 atom stereocenters. The second-order valence-corrected chi connectivity index (χ2v) is 12.9. The first-order valence-corrected chi connectivity index (χ1v) is 13.1. The van der Waals surface area contributed by atoms with Crippen molar-refractivity contribution in [2.24, 2.45) is 5.92 Å². The lowest BCUT2D eigenvalue weighted by atomic mass is 9.81. The van der Waals surface area contributed by atoms with E-state index in [1.807, 2.05) is 48.5 Å². The molecular formula is C22H36BN3O6S. The minimum atomic E-state index is -3.65. The summed E-state index contributed by atoms with van der Waals surface area (Å²) in [6, 6.07) is 0. The standard InChI is InChI=1S/C22H36BN3O6S/c1-20(2,3)30-19(27)26-11-8-9-16(15-26)10-12-33(28,29)18-24-13-17(14-25-18)23-31-21(4,5)22(6,7)32-23/h13-14,16H,8-12,15H2,1-7H3/t16-/m0/s1. The molecule has 2 aliphatic heterocycles. The molecule has 184 valence electrons.